The molecule has 27 heavy (non-hydrogen) atoms. The number of hydrogen-bond donors (Lipinski definition) is 2. The van der Waals surface area contributed by atoms with E-state index in [1.54, 1.807) is 12.5 Å². The van der Waals surface area contributed by atoms with Crippen LogP contribution in [0.2, 0.25) is 0 Å². The number of rotatable bonds is 3. The number of hydrogen-bond acceptors (Lipinski definition) is 3. The lowest BCUT2D eigenvalue weighted by Gasteiger charge is -2.40. The van der Waals surface area contributed by atoms with Crippen molar-refractivity contribution >= 4 is 11.9 Å². The first-order chi connectivity index (χ1) is 13.2. The van der Waals surface area contributed by atoms with Gasteiger partial charge in [-0.2, -0.15) is 0 Å². The van der Waals surface area contributed by atoms with E-state index >= 15 is 0 Å². The van der Waals surface area contributed by atoms with Gasteiger partial charge in [0.1, 0.15) is 0 Å². The topological polar surface area (TPSA) is 74.6 Å². The molecule has 1 atom stereocenters. The molecule has 2 saturated heterocycles. The molecule has 4 rings (SSSR count). The number of aliphatic imine (C=N–C) groups is 1. The van der Waals surface area contributed by atoms with Crippen LogP contribution in [-0.4, -0.2) is 53.0 Å². The van der Waals surface area contributed by atoms with Crippen molar-refractivity contribution in [1.82, 2.24) is 25.1 Å². The SMILES string of the molecule is CN=C(NCc1cccc(-n2ccnc2)c1)N1CCCC2(CNC(=O)C2)C1. The zero-order chi connectivity index (χ0) is 18.7. The highest BCUT2D eigenvalue weighted by atomic mass is 16.1. The van der Waals surface area contributed by atoms with Crippen LogP contribution in [0.3, 0.4) is 0 Å². The quantitative estimate of drug-likeness (QED) is 0.638. The van der Waals surface area contributed by atoms with Gasteiger partial charge in [0.15, 0.2) is 5.96 Å². The fourth-order valence-electron chi connectivity index (χ4n) is 4.18. The number of imidazole rings is 1. The third-order valence-electron chi connectivity index (χ3n) is 5.53. The first-order valence-corrected chi connectivity index (χ1v) is 9.47. The van der Waals surface area contributed by atoms with Crippen molar-refractivity contribution in [3.05, 3.63) is 48.5 Å². The van der Waals surface area contributed by atoms with Crippen molar-refractivity contribution in [3.8, 4) is 5.69 Å². The third kappa shape index (κ3) is 3.82. The van der Waals surface area contributed by atoms with Gasteiger partial charge in [-0.3, -0.25) is 9.79 Å². The highest BCUT2D eigenvalue weighted by molar-refractivity contribution is 5.81. The second kappa shape index (κ2) is 7.42. The van der Waals surface area contributed by atoms with E-state index in [1.807, 2.05) is 17.8 Å². The second-order valence-electron chi connectivity index (χ2n) is 7.52. The zero-order valence-electron chi connectivity index (χ0n) is 15.7. The molecule has 7 heteroatoms. The Bertz CT molecular complexity index is 831. The monoisotopic (exact) mass is 366 g/mol. The molecule has 142 valence electrons. The van der Waals surface area contributed by atoms with E-state index in [-0.39, 0.29) is 11.3 Å². The number of amides is 1. The zero-order valence-corrected chi connectivity index (χ0v) is 15.7. The van der Waals surface area contributed by atoms with Gasteiger partial charge in [0.2, 0.25) is 5.91 Å². The molecule has 2 aliphatic rings. The van der Waals surface area contributed by atoms with Crippen molar-refractivity contribution in [1.29, 1.82) is 0 Å². The van der Waals surface area contributed by atoms with Crippen LogP contribution in [-0.2, 0) is 11.3 Å². The first kappa shape index (κ1) is 17.6. The molecule has 0 bridgehead atoms. The predicted octanol–water partition coefficient (Wildman–Crippen LogP) is 1.55. The number of carbonyl (C=O) groups is 1. The Morgan fingerprint density at radius 3 is 3.11 bits per heavy atom. The second-order valence-corrected chi connectivity index (χ2v) is 7.52. The third-order valence-corrected chi connectivity index (χ3v) is 5.53. The molecule has 2 N–H and O–H groups in total. The number of nitrogens with zero attached hydrogens (tertiary/aromatic N) is 4. The van der Waals surface area contributed by atoms with Crippen molar-refractivity contribution in [2.24, 2.45) is 10.4 Å². The fraction of sp³-hybridized carbons (Fsp3) is 0.450. The Balaban J connectivity index is 1.41. The van der Waals surface area contributed by atoms with E-state index in [0.717, 1.165) is 44.1 Å². The van der Waals surface area contributed by atoms with Crippen LogP contribution in [0, 0.1) is 5.41 Å². The highest BCUT2D eigenvalue weighted by Gasteiger charge is 2.42. The number of aromatic nitrogens is 2. The summed E-state index contributed by atoms with van der Waals surface area (Å²) >= 11 is 0. The fourth-order valence-corrected chi connectivity index (χ4v) is 4.18. The minimum Gasteiger partial charge on any atom is -0.355 e. The molecule has 1 spiro atoms. The van der Waals surface area contributed by atoms with Crippen molar-refractivity contribution in [3.63, 3.8) is 0 Å². The summed E-state index contributed by atoms with van der Waals surface area (Å²) in [6, 6.07) is 8.39. The van der Waals surface area contributed by atoms with Crippen LogP contribution in [0.1, 0.15) is 24.8 Å². The minimum absolute atomic E-state index is 0.0638. The Morgan fingerprint density at radius 1 is 1.44 bits per heavy atom. The van der Waals surface area contributed by atoms with Gasteiger partial charge in [0, 0.05) is 63.1 Å². The highest BCUT2D eigenvalue weighted by Crippen LogP contribution is 2.36. The summed E-state index contributed by atoms with van der Waals surface area (Å²) in [6.45, 7) is 3.34. The van der Waals surface area contributed by atoms with Gasteiger partial charge < -0.3 is 20.1 Å². The van der Waals surface area contributed by atoms with E-state index in [9.17, 15) is 4.79 Å². The first-order valence-electron chi connectivity index (χ1n) is 9.47. The maximum absolute atomic E-state index is 11.7. The summed E-state index contributed by atoms with van der Waals surface area (Å²) < 4.78 is 2.00. The van der Waals surface area contributed by atoms with Gasteiger partial charge >= 0.3 is 0 Å². The predicted molar refractivity (Wildman–Crippen MR) is 105 cm³/mol. The lowest BCUT2D eigenvalue weighted by Crippen LogP contribution is -2.51. The minimum atomic E-state index is 0.0638. The number of carbonyl (C=O) groups excluding carboxylic acids is 1. The summed E-state index contributed by atoms with van der Waals surface area (Å²) in [4.78, 5) is 22.6. The van der Waals surface area contributed by atoms with Gasteiger partial charge in [0.05, 0.1) is 6.33 Å². The van der Waals surface area contributed by atoms with Crippen LogP contribution in [0.5, 0.6) is 0 Å². The van der Waals surface area contributed by atoms with E-state index in [0.29, 0.717) is 13.0 Å². The average Bonchev–Trinajstić information content (AvgIpc) is 3.33. The van der Waals surface area contributed by atoms with E-state index in [1.165, 1.54) is 5.56 Å². The Kier molecular flexibility index (Phi) is 4.83. The molecule has 0 aliphatic carbocycles. The molecule has 2 fully saturated rings. The largest absolute Gasteiger partial charge is 0.355 e. The maximum Gasteiger partial charge on any atom is 0.220 e. The molecule has 1 amide bonds. The molecule has 1 aromatic heterocycles. The van der Waals surface area contributed by atoms with Crippen molar-refractivity contribution in [2.45, 2.75) is 25.8 Å². The van der Waals surface area contributed by atoms with Crippen LogP contribution >= 0.6 is 0 Å². The molecule has 0 saturated carbocycles. The van der Waals surface area contributed by atoms with Gasteiger partial charge in [-0.25, -0.2) is 4.98 Å². The van der Waals surface area contributed by atoms with Gasteiger partial charge in [-0.1, -0.05) is 12.1 Å². The van der Waals surface area contributed by atoms with E-state index in [2.05, 4.69) is 49.8 Å². The van der Waals surface area contributed by atoms with Crippen molar-refractivity contribution < 1.29 is 4.79 Å². The number of nitrogens with one attached hydrogen (secondary N) is 2. The van der Waals surface area contributed by atoms with Crippen LogP contribution < -0.4 is 10.6 Å². The number of benzene rings is 1. The maximum atomic E-state index is 11.7. The van der Waals surface area contributed by atoms with Gasteiger partial charge in [-0.05, 0) is 30.5 Å². The van der Waals surface area contributed by atoms with E-state index < -0.39 is 0 Å². The smallest absolute Gasteiger partial charge is 0.220 e. The molecule has 2 aromatic rings. The van der Waals surface area contributed by atoms with Crippen LogP contribution in [0.15, 0.2) is 48.0 Å². The summed E-state index contributed by atoms with van der Waals surface area (Å²) in [7, 11) is 1.82. The molecule has 7 nitrogen and oxygen atoms in total. The summed E-state index contributed by atoms with van der Waals surface area (Å²) in [6.07, 6.45) is 8.35. The Hall–Kier alpha value is -2.83. The van der Waals surface area contributed by atoms with Gasteiger partial charge in [0.25, 0.3) is 0 Å². The molecule has 1 aromatic carbocycles. The number of guanidine groups is 1. The van der Waals surface area contributed by atoms with E-state index in [4.69, 9.17) is 0 Å². The number of likely N-dealkylation sites (tertiary alicyclic amines) is 1. The number of piperidine rings is 1. The molecular weight excluding hydrogens is 340 g/mol. The molecular formula is C20H26N6O. The molecule has 3 heterocycles. The summed E-state index contributed by atoms with van der Waals surface area (Å²) in [5.74, 6) is 1.08. The Morgan fingerprint density at radius 2 is 2.37 bits per heavy atom. The normalized spacial score (nSPS) is 22.9. The standard InChI is InChI=1S/C20H26N6O/c1-21-19(25-8-3-6-20(14-25)11-18(27)24-13-20)23-12-16-4-2-5-17(10-16)26-9-7-22-15-26/h2,4-5,7,9-10,15H,3,6,8,11-14H2,1H3,(H,21,23)(H,24,27). The molecule has 1 unspecified atom stereocenters. The molecule has 2 aliphatic heterocycles. The lowest BCUT2D eigenvalue weighted by molar-refractivity contribution is -0.119. The van der Waals surface area contributed by atoms with Crippen molar-refractivity contribution in [2.75, 3.05) is 26.7 Å². The van der Waals surface area contributed by atoms with Crippen LogP contribution in [0.4, 0.5) is 0 Å². The average molecular weight is 366 g/mol. The molecule has 0 radical (unpaired) electrons. The summed E-state index contributed by atoms with van der Waals surface area (Å²) in [5.41, 5.74) is 2.34. The lowest BCUT2D eigenvalue weighted by atomic mass is 9.79. The summed E-state index contributed by atoms with van der Waals surface area (Å²) in [5, 5.41) is 6.49. The van der Waals surface area contributed by atoms with Crippen LogP contribution in [0.25, 0.3) is 5.69 Å². The Labute approximate surface area is 159 Å². The van der Waals surface area contributed by atoms with Gasteiger partial charge in [-0.15, -0.1) is 0 Å².